The zero-order valence-corrected chi connectivity index (χ0v) is 20.9. The van der Waals surface area contributed by atoms with E-state index in [2.05, 4.69) is 5.32 Å². The molecule has 2 heterocycles. The third-order valence-corrected chi connectivity index (χ3v) is 7.20. The number of nitrogens with two attached hydrogens (primary N) is 3. The minimum Gasteiger partial charge on any atom is -0.391 e. The third-order valence-electron chi connectivity index (χ3n) is 7.20. The summed E-state index contributed by atoms with van der Waals surface area (Å²) in [7, 11) is 0. The second-order valence-corrected chi connectivity index (χ2v) is 10.2. The molecule has 16 atom stereocenters. The van der Waals surface area contributed by atoms with Gasteiger partial charge < -0.3 is 72.1 Å². The van der Waals surface area contributed by atoms with Crippen LogP contribution in [0.5, 0.6) is 0 Å². The van der Waals surface area contributed by atoms with E-state index in [1.165, 1.54) is 6.92 Å². The highest BCUT2D eigenvalue weighted by Gasteiger charge is 2.53. The predicted molar refractivity (Wildman–Crippen MR) is 125 cm³/mol. The Morgan fingerprint density at radius 2 is 1.44 bits per heavy atom. The summed E-state index contributed by atoms with van der Waals surface area (Å²) >= 11 is 0. The Balaban J connectivity index is 1.83. The zero-order valence-electron chi connectivity index (χ0n) is 20.9. The van der Waals surface area contributed by atoms with Crippen LogP contribution in [0.25, 0.3) is 0 Å². The topological polar surface area (TPSA) is 248 Å². The summed E-state index contributed by atoms with van der Waals surface area (Å²) < 4.78 is 23.4. The van der Waals surface area contributed by atoms with Crippen LogP contribution < -0.4 is 22.5 Å². The Morgan fingerprint density at radius 1 is 0.861 bits per heavy atom. The standard InChI is InChI=1S/C22H44N4O10/c1-4-5-26-10-6-9(24)19(35-21-11(25)13(29)14(30)18(34-21)8(3)27)20(12(10)28)36-22-16(32)15(31)17(33-22)7(2)23/h7-22,26-32H,4-6,23-25H2,1-3H3/t7-,8+,9?,10+,11-,12?,13?,14-,15?,16?,17+,18?,19+,20?,21+,22-/m0/s1. The van der Waals surface area contributed by atoms with Crippen molar-refractivity contribution in [1.82, 2.24) is 5.32 Å². The fourth-order valence-corrected chi connectivity index (χ4v) is 5.06. The van der Waals surface area contributed by atoms with E-state index in [0.717, 1.165) is 6.42 Å². The molecule has 1 aliphatic carbocycles. The number of ether oxygens (including phenoxy) is 4. The van der Waals surface area contributed by atoms with Crippen molar-refractivity contribution in [2.45, 2.75) is 131 Å². The second kappa shape index (κ2) is 12.5. The fourth-order valence-electron chi connectivity index (χ4n) is 5.06. The lowest BCUT2D eigenvalue weighted by molar-refractivity contribution is -0.316. The van der Waals surface area contributed by atoms with E-state index in [4.69, 9.17) is 36.1 Å². The maximum Gasteiger partial charge on any atom is 0.187 e. The summed E-state index contributed by atoms with van der Waals surface area (Å²) in [6.07, 6.45) is -13.9. The summed E-state index contributed by atoms with van der Waals surface area (Å²) in [6.45, 7) is 5.59. The molecule has 3 rings (SSSR count). The summed E-state index contributed by atoms with van der Waals surface area (Å²) in [5.74, 6) is 0. The third kappa shape index (κ3) is 6.18. The monoisotopic (exact) mass is 524 g/mol. The SMILES string of the molecule is CCCN[C@@H]1CC(N)[C@@H](O[C@H]2OC([C@@H](C)O)[C@@H](O)C(O)[C@@H]2N)C(O[C@@H]2O[C@H]([C@H](C)N)C(O)C2O)C1O. The molecular formula is C22H44N4O10. The molecule has 36 heavy (non-hydrogen) atoms. The van der Waals surface area contributed by atoms with Gasteiger partial charge in [-0.1, -0.05) is 6.92 Å². The fraction of sp³-hybridized carbons (Fsp3) is 1.00. The normalized spacial score (nSPS) is 49.7. The highest BCUT2D eigenvalue weighted by molar-refractivity contribution is 5.03. The van der Waals surface area contributed by atoms with Crippen LogP contribution >= 0.6 is 0 Å². The van der Waals surface area contributed by atoms with Gasteiger partial charge in [0.25, 0.3) is 0 Å². The van der Waals surface area contributed by atoms with E-state index in [1.807, 2.05) is 6.92 Å². The lowest BCUT2D eigenvalue weighted by atomic mass is 9.83. The maximum atomic E-state index is 11.2. The number of hydrogen-bond acceptors (Lipinski definition) is 14. The van der Waals surface area contributed by atoms with Crippen LogP contribution in [0.4, 0.5) is 0 Å². The zero-order chi connectivity index (χ0) is 26.9. The number of nitrogens with one attached hydrogen (secondary N) is 1. The molecule has 0 spiro atoms. The van der Waals surface area contributed by atoms with E-state index in [-0.39, 0.29) is 6.42 Å². The maximum absolute atomic E-state index is 11.2. The van der Waals surface area contributed by atoms with Crippen LogP contribution in [0, 0.1) is 0 Å². The molecule has 3 aliphatic rings. The molecule has 0 amide bonds. The Labute approximate surface area is 210 Å². The van der Waals surface area contributed by atoms with Crippen LogP contribution in [0.3, 0.4) is 0 Å². The average Bonchev–Trinajstić information content (AvgIpc) is 3.10. The molecule has 212 valence electrons. The molecule has 13 N–H and O–H groups in total. The van der Waals surface area contributed by atoms with E-state index < -0.39 is 97.8 Å². The van der Waals surface area contributed by atoms with Gasteiger partial charge >= 0.3 is 0 Å². The molecule has 14 heteroatoms. The summed E-state index contributed by atoms with van der Waals surface area (Å²) in [4.78, 5) is 0. The van der Waals surface area contributed by atoms with Crippen LogP contribution in [0.2, 0.25) is 0 Å². The minimum atomic E-state index is -1.46. The van der Waals surface area contributed by atoms with Gasteiger partial charge in [0.05, 0.1) is 18.2 Å². The molecule has 0 aromatic rings. The molecule has 3 fully saturated rings. The molecule has 0 aromatic carbocycles. The van der Waals surface area contributed by atoms with Crippen molar-refractivity contribution >= 4 is 0 Å². The van der Waals surface area contributed by atoms with Crippen molar-refractivity contribution in [1.29, 1.82) is 0 Å². The van der Waals surface area contributed by atoms with Gasteiger partial charge in [-0.25, -0.2) is 0 Å². The molecule has 2 aliphatic heterocycles. The molecule has 14 nitrogen and oxygen atoms in total. The molecule has 1 saturated carbocycles. The summed E-state index contributed by atoms with van der Waals surface area (Å²) in [5.41, 5.74) is 18.3. The van der Waals surface area contributed by atoms with Crippen molar-refractivity contribution in [3.05, 3.63) is 0 Å². The van der Waals surface area contributed by atoms with Crippen molar-refractivity contribution in [3.63, 3.8) is 0 Å². The van der Waals surface area contributed by atoms with Gasteiger partial charge in [-0.2, -0.15) is 0 Å². The minimum absolute atomic E-state index is 0.290. The van der Waals surface area contributed by atoms with Gasteiger partial charge in [-0.05, 0) is 33.2 Å². The van der Waals surface area contributed by atoms with E-state index in [1.54, 1.807) is 6.92 Å². The molecule has 0 bridgehead atoms. The first-order valence-electron chi connectivity index (χ1n) is 12.6. The first-order chi connectivity index (χ1) is 16.9. The van der Waals surface area contributed by atoms with Gasteiger partial charge in [-0.3, -0.25) is 0 Å². The average molecular weight is 525 g/mol. The molecular weight excluding hydrogens is 480 g/mol. The highest BCUT2D eigenvalue weighted by Crippen LogP contribution is 2.33. The smallest absolute Gasteiger partial charge is 0.187 e. The van der Waals surface area contributed by atoms with Crippen molar-refractivity contribution < 1.29 is 49.6 Å². The highest BCUT2D eigenvalue weighted by atomic mass is 16.7. The van der Waals surface area contributed by atoms with Gasteiger partial charge in [-0.15, -0.1) is 0 Å². The van der Waals surface area contributed by atoms with E-state index in [9.17, 15) is 30.6 Å². The Morgan fingerprint density at radius 3 is 2.00 bits per heavy atom. The first-order valence-corrected chi connectivity index (χ1v) is 12.6. The van der Waals surface area contributed by atoms with E-state index in [0.29, 0.717) is 6.54 Å². The summed E-state index contributed by atoms with van der Waals surface area (Å²) in [5, 5.41) is 65.9. The van der Waals surface area contributed by atoms with Crippen molar-refractivity contribution in [2.24, 2.45) is 17.2 Å². The van der Waals surface area contributed by atoms with Gasteiger partial charge in [0.15, 0.2) is 12.6 Å². The van der Waals surface area contributed by atoms with Gasteiger partial charge in [0.1, 0.15) is 48.8 Å². The van der Waals surface area contributed by atoms with Crippen molar-refractivity contribution in [3.8, 4) is 0 Å². The largest absolute Gasteiger partial charge is 0.391 e. The lowest BCUT2D eigenvalue weighted by Crippen LogP contribution is -2.68. The lowest BCUT2D eigenvalue weighted by Gasteiger charge is -2.48. The Hall–Kier alpha value is -0.560. The first kappa shape index (κ1) is 30.0. The molecule has 2 saturated heterocycles. The van der Waals surface area contributed by atoms with Crippen LogP contribution in [0.1, 0.15) is 33.6 Å². The second-order valence-electron chi connectivity index (χ2n) is 10.2. The van der Waals surface area contributed by atoms with Gasteiger partial charge in [0, 0.05) is 18.1 Å². The Bertz CT molecular complexity index is 693. The number of aliphatic hydroxyl groups excluding tert-OH is 6. The van der Waals surface area contributed by atoms with Crippen LogP contribution in [-0.2, 0) is 18.9 Å². The molecule has 0 radical (unpaired) electrons. The van der Waals surface area contributed by atoms with Crippen LogP contribution in [-0.4, -0.2) is 135 Å². The van der Waals surface area contributed by atoms with E-state index >= 15 is 0 Å². The molecule has 7 unspecified atom stereocenters. The number of hydrogen-bond donors (Lipinski definition) is 10. The quantitative estimate of drug-likeness (QED) is 0.136. The predicted octanol–water partition coefficient (Wildman–Crippen LogP) is -4.83. The van der Waals surface area contributed by atoms with Crippen molar-refractivity contribution in [2.75, 3.05) is 6.54 Å². The Kier molecular flexibility index (Phi) is 10.4. The van der Waals surface area contributed by atoms with Gasteiger partial charge in [0.2, 0.25) is 0 Å². The number of rotatable bonds is 9. The summed E-state index contributed by atoms with van der Waals surface area (Å²) in [6, 6.07) is -3.00. The molecule has 0 aromatic heterocycles. The van der Waals surface area contributed by atoms with Crippen LogP contribution in [0.15, 0.2) is 0 Å². The number of aliphatic hydroxyl groups is 6.